The summed E-state index contributed by atoms with van der Waals surface area (Å²) in [7, 11) is 0. The van der Waals surface area contributed by atoms with Crippen molar-refractivity contribution in [2.24, 2.45) is 0 Å². The second kappa shape index (κ2) is 4.82. The highest BCUT2D eigenvalue weighted by molar-refractivity contribution is 6.33. The van der Waals surface area contributed by atoms with Crippen LogP contribution >= 0.6 is 11.6 Å². The molecule has 0 atom stereocenters. The number of carboxylic acids is 1. The van der Waals surface area contributed by atoms with E-state index in [1.165, 1.54) is 6.07 Å². The second-order valence-corrected chi connectivity index (χ2v) is 4.39. The standard InChI is InChI=1S/C13H13ClN2O2/c1-3-16-7-11(8(2)15-16)10-6-9(13(17)18)4-5-12(10)14/h4-7H,3H2,1-2H3,(H,17,18). The Labute approximate surface area is 110 Å². The number of halogens is 1. The normalized spacial score (nSPS) is 10.6. The fourth-order valence-corrected chi connectivity index (χ4v) is 2.03. The SMILES string of the molecule is CCn1cc(-c2cc(C(=O)O)ccc2Cl)c(C)n1. The van der Waals surface area contributed by atoms with Gasteiger partial charge in [0.05, 0.1) is 11.3 Å². The summed E-state index contributed by atoms with van der Waals surface area (Å²) in [6, 6.07) is 4.67. The highest BCUT2D eigenvalue weighted by Crippen LogP contribution is 2.30. The van der Waals surface area contributed by atoms with Crippen molar-refractivity contribution in [2.45, 2.75) is 20.4 Å². The monoisotopic (exact) mass is 264 g/mol. The van der Waals surface area contributed by atoms with Crippen molar-refractivity contribution >= 4 is 17.6 Å². The Kier molecular flexibility index (Phi) is 3.39. The number of aryl methyl sites for hydroxylation is 2. The van der Waals surface area contributed by atoms with Gasteiger partial charge in [-0.2, -0.15) is 5.10 Å². The second-order valence-electron chi connectivity index (χ2n) is 3.98. The van der Waals surface area contributed by atoms with Crippen molar-refractivity contribution in [3.05, 3.63) is 40.7 Å². The minimum Gasteiger partial charge on any atom is -0.478 e. The predicted octanol–water partition coefficient (Wildman–Crippen LogP) is 3.23. The van der Waals surface area contributed by atoms with E-state index in [1.54, 1.807) is 16.8 Å². The summed E-state index contributed by atoms with van der Waals surface area (Å²) >= 11 is 6.13. The first-order valence-electron chi connectivity index (χ1n) is 5.60. The van der Waals surface area contributed by atoms with E-state index in [-0.39, 0.29) is 5.56 Å². The van der Waals surface area contributed by atoms with E-state index in [0.717, 1.165) is 17.8 Å². The van der Waals surface area contributed by atoms with Crippen LogP contribution in [0.15, 0.2) is 24.4 Å². The molecule has 1 aromatic carbocycles. The van der Waals surface area contributed by atoms with Gasteiger partial charge in [0.2, 0.25) is 0 Å². The molecule has 0 fully saturated rings. The van der Waals surface area contributed by atoms with Gasteiger partial charge in [0.1, 0.15) is 0 Å². The maximum Gasteiger partial charge on any atom is 0.335 e. The Morgan fingerprint density at radius 2 is 2.17 bits per heavy atom. The van der Waals surface area contributed by atoms with Crippen LogP contribution < -0.4 is 0 Å². The van der Waals surface area contributed by atoms with Crippen molar-refractivity contribution in [3.8, 4) is 11.1 Å². The number of rotatable bonds is 3. The number of hydrogen-bond acceptors (Lipinski definition) is 2. The van der Waals surface area contributed by atoms with Crippen molar-refractivity contribution in [1.82, 2.24) is 9.78 Å². The summed E-state index contributed by atoms with van der Waals surface area (Å²) in [4.78, 5) is 11.0. The summed E-state index contributed by atoms with van der Waals surface area (Å²) in [5.74, 6) is -0.964. The molecule has 1 N–H and O–H groups in total. The summed E-state index contributed by atoms with van der Waals surface area (Å²) in [5.41, 5.74) is 2.62. The molecule has 2 rings (SSSR count). The molecule has 0 saturated heterocycles. The molecule has 94 valence electrons. The van der Waals surface area contributed by atoms with E-state index in [1.807, 2.05) is 20.0 Å². The molecule has 18 heavy (non-hydrogen) atoms. The lowest BCUT2D eigenvalue weighted by atomic mass is 10.0. The molecular formula is C13H13ClN2O2. The first kappa shape index (κ1) is 12.6. The Balaban J connectivity index is 2.58. The highest BCUT2D eigenvalue weighted by atomic mass is 35.5. The van der Waals surface area contributed by atoms with E-state index in [2.05, 4.69) is 5.10 Å². The molecule has 2 aromatic rings. The van der Waals surface area contributed by atoms with Gasteiger partial charge in [-0.05, 0) is 32.0 Å². The highest BCUT2D eigenvalue weighted by Gasteiger charge is 2.13. The summed E-state index contributed by atoms with van der Waals surface area (Å²) < 4.78 is 1.80. The quantitative estimate of drug-likeness (QED) is 0.926. The van der Waals surface area contributed by atoms with E-state index in [0.29, 0.717) is 10.6 Å². The summed E-state index contributed by atoms with van der Waals surface area (Å²) in [6.45, 7) is 4.63. The maximum atomic E-state index is 11.0. The minimum atomic E-state index is -0.964. The molecule has 0 bridgehead atoms. The first-order valence-corrected chi connectivity index (χ1v) is 5.98. The van der Waals surface area contributed by atoms with Crippen LogP contribution in [0.25, 0.3) is 11.1 Å². The van der Waals surface area contributed by atoms with Gasteiger partial charge in [-0.15, -0.1) is 0 Å². The van der Waals surface area contributed by atoms with Crippen LogP contribution in [0.2, 0.25) is 5.02 Å². The molecule has 0 amide bonds. The van der Waals surface area contributed by atoms with Crippen molar-refractivity contribution < 1.29 is 9.90 Å². The first-order chi connectivity index (χ1) is 8.52. The molecule has 0 saturated carbocycles. The van der Waals surface area contributed by atoms with Crippen molar-refractivity contribution in [3.63, 3.8) is 0 Å². The van der Waals surface area contributed by atoms with Gasteiger partial charge < -0.3 is 5.11 Å². The van der Waals surface area contributed by atoms with Gasteiger partial charge in [-0.25, -0.2) is 4.79 Å². The van der Waals surface area contributed by atoms with Gasteiger partial charge in [0, 0.05) is 28.9 Å². The topological polar surface area (TPSA) is 55.1 Å². The fourth-order valence-electron chi connectivity index (χ4n) is 1.81. The zero-order valence-electron chi connectivity index (χ0n) is 10.1. The number of nitrogens with zero attached hydrogens (tertiary/aromatic N) is 2. The number of carbonyl (C=O) groups is 1. The predicted molar refractivity (Wildman–Crippen MR) is 70.0 cm³/mol. The Bertz CT molecular complexity index is 605. The largest absolute Gasteiger partial charge is 0.478 e. The van der Waals surface area contributed by atoms with Crippen LogP contribution in [0.1, 0.15) is 23.0 Å². The fraction of sp³-hybridized carbons (Fsp3) is 0.231. The van der Waals surface area contributed by atoms with E-state index >= 15 is 0 Å². The molecule has 1 aromatic heterocycles. The van der Waals surface area contributed by atoms with Crippen LogP contribution in [-0.2, 0) is 6.54 Å². The molecular weight excluding hydrogens is 252 g/mol. The maximum absolute atomic E-state index is 11.0. The van der Waals surface area contributed by atoms with E-state index in [4.69, 9.17) is 16.7 Å². The van der Waals surface area contributed by atoms with Crippen molar-refractivity contribution in [2.75, 3.05) is 0 Å². The third-order valence-electron chi connectivity index (χ3n) is 2.77. The number of aromatic carboxylic acids is 1. The molecule has 4 nitrogen and oxygen atoms in total. The van der Waals surface area contributed by atoms with Crippen LogP contribution in [0, 0.1) is 6.92 Å². The summed E-state index contributed by atoms with van der Waals surface area (Å²) in [6.07, 6.45) is 1.88. The van der Waals surface area contributed by atoms with Crippen molar-refractivity contribution in [1.29, 1.82) is 0 Å². The minimum absolute atomic E-state index is 0.220. The van der Waals surface area contributed by atoms with Gasteiger partial charge in [-0.3, -0.25) is 4.68 Å². The number of aromatic nitrogens is 2. The third-order valence-corrected chi connectivity index (χ3v) is 3.10. The molecule has 5 heteroatoms. The Morgan fingerprint density at radius 3 is 2.72 bits per heavy atom. The van der Waals surface area contributed by atoms with E-state index in [9.17, 15) is 4.79 Å². The lowest BCUT2D eigenvalue weighted by Crippen LogP contribution is -1.96. The van der Waals surface area contributed by atoms with Gasteiger partial charge in [-0.1, -0.05) is 11.6 Å². The number of carboxylic acid groups (broad SMARTS) is 1. The molecule has 0 spiro atoms. The zero-order chi connectivity index (χ0) is 13.3. The molecule has 0 aliphatic rings. The van der Waals surface area contributed by atoms with Crippen LogP contribution in [0.5, 0.6) is 0 Å². The smallest absolute Gasteiger partial charge is 0.335 e. The van der Waals surface area contributed by atoms with Crippen LogP contribution in [0.4, 0.5) is 0 Å². The Hall–Kier alpha value is -1.81. The zero-order valence-corrected chi connectivity index (χ0v) is 10.9. The average Bonchev–Trinajstić information content (AvgIpc) is 2.71. The summed E-state index contributed by atoms with van der Waals surface area (Å²) in [5, 5.41) is 13.9. The molecule has 0 radical (unpaired) electrons. The molecule has 0 unspecified atom stereocenters. The lowest BCUT2D eigenvalue weighted by molar-refractivity contribution is 0.0697. The van der Waals surface area contributed by atoms with Crippen LogP contribution in [-0.4, -0.2) is 20.9 Å². The average molecular weight is 265 g/mol. The van der Waals surface area contributed by atoms with Gasteiger partial charge in [0.15, 0.2) is 0 Å². The van der Waals surface area contributed by atoms with Gasteiger partial charge >= 0.3 is 5.97 Å². The third kappa shape index (κ3) is 2.24. The molecule has 0 aliphatic heterocycles. The number of benzene rings is 1. The molecule has 0 aliphatic carbocycles. The van der Waals surface area contributed by atoms with E-state index < -0.39 is 5.97 Å². The number of hydrogen-bond donors (Lipinski definition) is 1. The lowest BCUT2D eigenvalue weighted by Gasteiger charge is -2.04. The Morgan fingerprint density at radius 1 is 1.44 bits per heavy atom. The van der Waals surface area contributed by atoms with Crippen LogP contribution in [0.3, 0.4) is 0 Å². The van der Waals surface area contributed by atoms with Gasteiger partial charge in [0.25, 0.3) is 0 Å². The molecule has 1 heterocycles.